The number of carbonyl (C=O) groups is 1. The molecule has 0 radical (unpaired) electrons. The van der Waals surface area contributed by atoms with E-state index in [1.807, 2.05) is 18.2 Å². The van der Waals surface area contributed by atoms with Gasteiger partial charge in [-0.25, -0.2) is 0 Å². The minimum absolute atomic E-state index is 0.274. The first-order valence-electron chi connectivity index (χ1n) is 5.85. The Morgan fingerprint density at radius 1 is 1.20 bits per heavy atom. The average Bonchev–Trinajstić information content (AvgIpc) is 2.26. The van der Waals surface area contributed by atoms with Crippen molar-refractivity contribution in [2.45, 2.75) is 32.6 Å². The lowest BCUT2D eigenvalue weighted by Crippen LogP contribution is -2.28. The highest BCUT2D eigenvalue weighted by Gasteiger charge is 2.27. The van der Waals surface area contributed by atoms with Gasteiger partial charge in [0.05, 0.1) is 0 Å². The summed E-state index contributed by atoms with van der Waals surface area (Å²) in [4.78, 5) is 11.9. The normalized spacial score (nSPS) is 26.6. The molecule has 0 bridgehead atoms. The molecule has 1 fully saturated rings. The quantitative estimate of drug-likeness (QED) is 0.719. The van der Waals surface area contributed by atoms with Crippen LogP contribution in [0.25, 0.3) is 0 Å². The van der Waals surface area contributed by atoms with Gasteiger partial charge in [0.25, 0.3) is 0 Å². The van der Waals surface area contributed by atoms with Crippen molar-refractivity contribution >= 4 is 5.78 Å². The molecule has 1 aliphatic carbocycles. The van der Waals surface area contributed by atoms with E-state index in [1.165, 1.54) is 12.0 Å². The van der Waals surface area contributed by atoms with Crippen molar-refractivity contribution in [3.05, 3.63) is 35.9 Å². The van der Waals surface area contributed by atoms with Gasteiger partial charge in [0.1, 0.15) is 5.78 Å². The van der Waals surface area contributed by atoms with Crippen LogP contribution in [0.3, 0.4) is 0 Å². The predicted molar refractivity (Wildman–Crippen MR) is 61.7 cm³/mol. The van der Waals surface area contributed by atoms with Crippen LogP contribution in [0.15, 0.2) is 30.3 Å². The lowest BCUT2D eigenvalue weighted by molar-refractivity contribution is -0.128. The summed E-state index contributed by atoms with van der Waals surface area (Å²) in [5.74, 6) is 1.04. The van der Waals surface area contributed by atoms with Gasteiger partial charge in [-0.15, -0.1) is 0 Å². The standard InChI is InChI=1S/C14H18O/c1-11-6-5-9-13(14(11)15)10-12-7-3-2-4-8-12/h2-4,7-8,11,13H,5-6,9-10H2,1H3/t11-,13-/m1/s1. The highest BCUT2D eigenvalue weighted by atomic mass is 16.1. The van der Waals surface area contributed by atoms with Crippen LogP contribution >= 0.6 is 0 Å². The van der Waals surface area contributed by atoms with Crippen molar-refractivity contribution in [3.8, 4) is 0 Å². The van der Waals surface area contributed by atoms with Crippen LogP contribution in [-0.2, 0) is 11.2 Å². The fourth-order valence-electron chi connectivity index (χ4n) is 2.46. The molecule has 1 aliphatic rings. The van der Waals surface area contributed by atoms with Crippen molar-refractivity contribution < 1.29 is 4.79 Å². The van der Waals surface area contributed by atoms with Gasteiger partial charge < -0.3 is 0 Å². The molecule has 2 rings (SSSR count). The average molecular weight is 202 g/mol. The Morgan fingerprint density at radius 2 is 1.93 bits per heavy atom. The molecule has 1 aromatic carbocycles. The molecule has 1 aromatic rings. The minimum Gasteiger partial charge on any atom is -0.299 e. The van der Waals surface area contributed by atoms with Crippen LogP contribution in [0.2, 0.25) is 0 Å². The molecule has 1 saturated carbocycles. The third-order valence-corrected chi connectivity index (χ3v) is 3.40. The van der Waals surface area contributed by atoms with E-state index < -0.39 is 0 Å². The van der Waals surface area contributed by atoms with Crippen LogP contribution in [0.4, 0.5) is 0 Å². The van der Waals surface area contributed by atoms with Gasteiger partial charge >= 0.3 is 0 Å². The Morgan fingerprint density at radius 3 is 2.67 bits per heavy atom. The Labute approximate surface area is 91.5 Å². The number of hydrogen-bond acceptors (Lipinski definition) is 1. The minimum atomic E-state index is 0.274. The molecular weight excluding hydrogens is 184 g/mol. The van der Waals surface area contributed by atoms with Crippen LogP contribution in [0.5, 0.6) is 0 Å². The van der Waals surface area contributed by atoms with Crippen LogP contribution in [0.1, 0.15) is 31.7 Å². The SMILES string of the molecule is C[C@@H]1CCC[C@H](Cc2ccccc2)C1=O. The maximum absolute atomic E-state index is 11.9. The fraction of sp³-hybridized carbons (Fsp3) is 0.500. The third-order valence-electron chi connectivity index (χ3n) is 3.40. The second-order valence-electron chi connectivity index (χ2n) is 4.62. The zero-order chi connectivity index (χ0) is 10.7. The lowest BCUT2D eigenvalue weighted by atomic mass is 9.78. The van der Waals surface area contributed by atoms with Crippen molar-refractivity contribution in [2.24, 2.45) is 11.8 Å². The van der Waals surface area contributed by atoms with Gasteiger partial charge in [0, 0.05) is 11.8 Å². The Balaban J connectivity index is 2.03. The lowest BCUT2D eigenvalue weighted by Gasteiger charge is -2.25. The molecule has 0 unspecified atom stereocenters. The first-order valence-corrected chi connectivity index (χ1v) is 5.85. The van der Waals surface area contributed by atoms with Crippen LogP contribution < -0.4 is 0 Å². The molecule has 1 nitrogen and oxygen atoms in total. The van der Waals surface area contributed by atoms with Crippen LogP contribution in [0, 0.1) is 11.8 Å². The summed E-state index contributed by atoms with van der Waals surface area (Å²) in [6.45, 7) is 2.07. The highest BCUT2D eigenvalue weighted by Crippen LogP contribution is 2.27. The van der Waals surface area contributed by atoms with E-state index in [0.717, 1.165) is 19.3 Å². The smallest absolute Gasteiger partial charge is 0.139 e. The zero-order valence-electron chi connectivity index (χ0n) is 9.28. The molecule has 0 aromatic heterocycles. The maximum atomic E-state index is 11.9. The van der Waals surface area contributed by atoms with E-state index in [2.05, 4.69) is 19.1 Å². The summed E-state index contributed by atoms with van der Waals surface area (Å²) in [5.41, 5.74) is 1.30. The summed E-state index contributed by atoms with van der Waals surface area (Å²) in [7, 11) is 0. The Bertz CT molecular complexity index is 328. The molecule has 0 N–H and O–H groups in total. The van der Waals surface area contributed by atoms with Gasteiger partial charge in [-0.2, -0.15) is 0 Å². The Hall–Kier alpha value is -1.11. The third kappa shape index (κ3) is 2.47. The second-order valence-corrected chi connectivity index (χ2v) is 4.62. The number of benzene rings is 1. The molecule has 0 aliphatic heterocycles. The van der Waals surface area contributed by atoms with E-state index in [9.17, 15) is 4.79 Å². The summed E-state index contributed by atoms with van der Waals surface area (Å²) >= 11 is 0. The number of rotatable bonds is 2. The van der Waals surface area contributed by atoms with Gasteiger partial charge in [0.15, 0.2) is 0 Å². The second kappa shape index (κ2) is 4.61. The summed E-state index contributed by atoms with van der Waals surface area (Å²) in [6, 6.07) is 10.4. The predicted octanol–water partition coefficient (Wildman–Crippen LogP) is 3.23. The molecule has 0 amide bonds. The molecule has 0 heterocycles. The van der Waals surface area contributed by atoms with Gasteiger partial charge in [0.2, 0.25) is 0 Å². The van der Waals surface area contributed by atoms with Gasteiger partial charge in [-0.05, 0) is 24.8 Å². The first-order chi connectivity index (χ1) is 7.27. The Kier molecular flexibility index (Phi) is 3.20. The monoisotopic (exact) mass is 202 g/mol. The van der Waals surface area contributed by atoms with Crippen molar-refractivity contribution in [1.82, 2.24) is 0 Å². The molecular formula is C14H18O. The summed E-state index contributed by atoms with van der Waals surface area (Å²) in [6.07, 6.45) is 4.32. The van der Waals surface area contributed by atoms with Crippen molar-refractivity contribution in [2.75, 3.05) is 0 Å². The zero-order valence-corrected chi connectivity index (χ0v) is 9.28. The first kappa shape index (κ1) is 10.4. The van der Waals surface area contributed by atoms with Crippen molar-refractivity contribution in [1.29, 1.82) is 0 Å². The number of Topliss-reactive ketones (excluding diaryl/α,β-unsaturated/α-hetero) is 1. The van der Waals surface area contributed by atoms with E-state index >= 15 is 0 Å². The van der Waals surface area contributed by atoms with Gasteiger partial charge in [-0.1, -0.05) is 43.7 Å². The van der Waals surface area contributed by atoms with E-state index in [1.54, 1.807) is 0 Å². The molecule has 2 atom stereocenters. The molecule has 80 valence electrons. The topological polar surface area (TPSA) is 17.1 Å². The number of carbonyl (C=O) groups excluding carboxylic acids is 1. The largest absolute Gasteiger partial charge is 0.299 e. The number of ketones is 1. The van der Waals surface area contributed by atoms with Crippen molar-refractivity contribution in [3.63, 3.8) is 0 Å². The summed E-state index contributed by atoms with van der Waals surface area (Å²) < 4.78 is 0. The number of hydrogen-bond donors (Lipinski definition) is 0. The molecule has 0 saturated heterocycles. The fourth-order valence-corrected chi connectivity index (χ4v) is 2.46. The maximum Gasteiger partial charge on any atom is 0.139 e. The van der Waals surface area contributed by atoms with Gasteiger partial charge in [-0.3, -0.25) is 4.79 Å². The van der Waals surface area contributed by atoms with E-state index in [0.29, 0.717) is 5.78 Å². The summed E-state index contributed by atoms with van der Waals surface area (Å²) in [5, 5.41) is 0. The molecule has 15 heavy (non-hydrogen) atoms. The van der Waals surface area contributed by atoms with E-state index in [-0.39, 0.29) is 11.8 Å². The highest BCUT2D eigenvalue weighted by molar-refractivity contribution is 5.84. The van der Waals surface area contributed by atoms with E-state index in [4.69, 9.17) is 0 Å². The van der Waals surface area contributed by atoms with Crippen LogP contribution in [-0.4, -0.2) is 5.78 Å². The molecule has 0 spiro atoms. The molecule has 1 heteroatoms.